The van der Waals surface area contributed by atoms with Crippen LogP contribution in [0.4, 0.5) is 5.69 Å². The maximum atomic E-state index is 11.3. The van der Waals surface area contributed by atoms with Gasteiger partial charge in [-0.1, -0.05) is 0 Å². The molecule has 5 heteroatoms. The van der Waals surface area contributed by atoms with E-state index >= 15 is 0 Å². The number of esters is 1. The van der Waals surface area contributed by atoms with Gasteiger partial charge in [0.05, 0.1) is 19.2 Å². The lowest BCUT2D eigenvalue weighted by Gasteiger charge is -2.40. The molecule has 24 heavy (non-hydrogen) atoms. The number of aromatic nitrogens is 2. The summed E-state index contributed by atoms with van der Waals surface area (Å²) in [6.07, 6.45) is 6.74. The number of pyridine rings is 2. The molecule has 124 valence electrons. The molecule has 0 unspecified atom stereocenters. The predicted octanol–water partition coefficient (Wildman–Crippen LogP) is 3.02. The smallest absolute Gasteiger partial charge is 0.305 e. The van der Waals surface area contributed by atoms with Gasteiger partial charge in [0.1, 0.15) is 0 Å². The average molecular weight is 323 g/mol. The predicted molar refractivity (Wildman–Crippen MR) is 91.8 cm³/mol. The third-order valence-electron chi connectivity index (χ3n) is 4.82. The van der Waals surface area contributed by atoms with Crippen molar-refractivity contribution in [3.63, 3.8) is 0 Å². The van der Waals surface area contributed by atoms with Gasteiger partial charge in [0.15, 0.2) is 0 Å². The van der Waals surface area contributed by atoms with E-state index in [4.69, 9.17) is 4.74 Å². The molecule has 2 aromatic rings. The Balaban J connectivity index is 1.47. The van der Waals surface area contributed by atoms with Crippen molar-refractivity contribution >= 4 is 11.7 Å². The molecule has 0 radical (unpaired) electrons. The van der Waals surface area contributed by atoms with Crippen LogP contribution in [0, 0.1) is 5.92 Å². The van der Waals surface area contributed by atoms with Gasteiger partial charge in [-0.15, -0.1) is 0 Å². The van der Waals surface area contributed by atoms with Gasteiger partial charge in [-0.25, -0.2) is 0 Å². The van der Waals surface area contributed by atoms with Crippen LogP contribution in [0.1, 0.15) is 30.9 Å². The van der Waals surface area contributed by atoms with E-state index in [1.54, 1.807) is 0 Å². The fraction of sp³-hybridized carbons (Fsp3) is 0.421. The average Bonchev–Trinajstić information content (AvgIpc) is 3.43. The lowest BCUT2D eigenvalue weighted by molar-refractivity contribution is -0.141. The first-order chi connectivity index (χ1) is 11.7. The second kappa shape index (κ2) is 6.23. The summed E-state index contributed by atoms with van der Waals surface area (Å²) in [6, 6.07) is 8.34. The van der Waals surface area contributed by atoms with Crippen LogP contribution in [0.15, 0.2) is 36.7 Å². The lowest BCUT2D eigenvalue weighted by Crippen LogP contribution is -2.47. The number of rotatable bonds is 5. The van der Waals surface area contributed by atoms with Gasteiger partial charge in [-0.05, 0) is 37.1 Å². The van der Waals surface area contributed by atoms with Gasteiger partial charge in [0, 0.05) is 54.3 Å². The minimum Gasteiger partial charge on any atom is -0.469 e. The highest BCUT2D eigenvalue weighted by molar-refractivity contribution is 5.70. The highest BCUT2D eigenvalue weighted by atomic mass is 16.5. The van der Waals surface area contributed by atoms with Gasteiger partial charge < -0.3 is 9.64 Å². The third-order valence-corrected chi connectivity index (χ3v) is 4.82. The number of methoxy groups -OCH3 is 1. The Morgan fingerprint density at radius 3 is 2.75 bits per heavy atom. The van der Waals surface area contributed by atoms with Crippen molar-refractivity contribution in [3.05, 3.63) is 42.4 Å². The number of carbonyl (C=O) groups is 1. The summed E-state index contributed by atoms with van der Waals surface area (Å²) in [7, 11) is 1.44. The van der Waals surface area contributed by atoms with Crippen LogP contribution in [0.2, 0.25) is 0 Å². The molecule has 4 rings (SSSR count). The van der Waals surface area contributed by atoms with Gasteiger partial charge in [0.25, 0.3) is 0 Å². The zero-order chi connectivity index (χ0) is 16.5. The largest absolute Gasteiger partial charge is 0.469 e. The molecule has 1 saturated carbocycles. The lowest BCUT2D eigenvalue weighted by atomic mass is 9.95. The van der Waals surface area contributed by atoms with Crippen LogP contribution in [0.5, 0.6) is 0 Å². The summed E-state index contributed by atoms with van der Waals surface area (Å²) >= 11 is 0. The Morgan fingerprint density at radius 2 is 2.00 bits per heavy atom. The molecule has 0 N–H and O–H groups in total. The van der Waals surface area contributed by atoms with Crippen LogP contribution in [-0.2, 0) is 9.53 Å². The minimum absolute atomic E-state index is 0.126. The van der Waals surface area contributed by atoms with Crippen LogP contribution >= 0.6 is 0 Å². The molecular formula is C19H21N3O2. The normalized spacial score (nSPS) is 17.5. The van der Waals surface area contributed by atoms with Crippen molar-refractivity contribution in [2.45, 2.75) is 25.2 Å². The summed E-state index contributed by atoms with van der Waals surface area (Å²) in [6.45, 7) is 1.78. The third kappa shape index (κ3) is 3.11. The van der Waals surface area contributed by atoms with Gasteiger partial charge in [-0.3, -0.25) is 14.8 Å². The van der Waals surface area contributed by atoms with E-state index in [1.807, 2.05) is 24.5 Å². The summed E-state index contributed by atoms with van der Waals surface area (Å²) in [5, 5.41) is 0. The van der Waals surface area contributed by atoms with E-state index in [9.17, 15) is 4.79 Å². The van der Waals surface area contributed by atoms with Crippen LogP contribution in [0.25, 0.3) is 11.3 Å². The molecule has 3 heterocycles. The first-order valence-corrected chi connectivity index (χ1v) is 8.47. The number of hydrogen-bond acceptors (Lipinski definition) is 5. The molecule has 0 bridgehead atoms. The van der Waals surface area contributed by atoms with Gasteiger partial charge >= 0.3 is 5.97 Å². The van der Waals surface area contributed by atoms with Crippen molar-refractivity contribution in [3.8, 4) is 11.3 Å². The zero-order valence-corrected chi connectivity index (χ0v) is 13.8. The second-order valence-electron chi connectivity index (χ2n) is 6.69. The minimum atomic E-state index is -0.126. The number of carbonyl (C=O) groups excluding carboxylic acids is 1. The van der Waals surface area contributed by atoms with E-state index in [-0.39, 0.29) is 5.97 Å². The van der Waals surface area contributed by atoms with Crippen LogP contribution in [-0.4, -0.2) is 36.1 Å². The number of nitrogens with zero attached hydrogens (tertiary/aromatic N) is 3. The molecule has 1 aliphatic carbocycles. The van der Waals surface area contributed by atoms with Crippen molar-refractivity contribution in [1.29, 1.82) is 0 Å². The highest BCUT2D eigenvalue weighted by Gasteiger charge is 2.29. The van der Waals surface area contributed by atoms with Crippen LogP contribution < -0.4 is 4.90 Å². The van der Waals surface area contributed by atoms with Crippen molar-refractivity contribution in [2.24, 2.45) is 5.92 Å². The Kier molecular flexibility index (Phi) is 3.92. The summed E-state index contributed by atoms with van der Waals surface area (Å²) in [4.78, 5) is 22.6. The van der Waals surface area contributed by atoms with Crippen molar-refractivity contribution < 1.29 is 9.53 Å². The van der Waals surface area contributed by atoms with Crippen molar-refractivity contribution in [1.82, 2.24) is 9.97 Å². The van der Waals surface area contributed by atoms with Gasteiger partial charge in [-0.2, -0.15) is 0 Å². The number of anilines is 1. The van der Waals surface area contributed by atoms with Crippen LogP contribution in [0.3, 0.4) is 0 Å². The van der Waals surface area contributed by atoms with E-state index in [0.717, 1.165) is 30.0 Å². The Labute approximate surface area is 141 Å². The Bertz CT molecular complexity index is 752. The van der Waals surface area contributed by atoms with E-state index < -0.39 is 0 Å². The number of ether oxygens (including phenoxy) is 1. The molecule has 0 aromatic carbocycles. The zero-order valence-electron chi connectivity index (χ0n) is 13.8. The van der Waals surface area contributed by atoms with E-state index in [0.29, 0.717) is 18.3 Å². The molecule has 2 aromatic heterocycles. The van der Waals surface area contributed by atoms with Gasteiger partial charge in [0.2, 0.25) is 0 Å². The fourth-order valence-corrected chi connectivity index (χ4v) is 3.21. The highest BCUT2D eigenvalue weighted by Crippen LogP contribution is 2.40. The van der Waals surface area contributed by atoms with Crippen molar-refractivity contribution in [2.75, 3.05) is 25.1 Å². The first-order valence-electron chi connectivity index (χ1n) is 8.47. The molecule has 0 amide bonds. The number of hydrogen-bond donors (Lipinski definition) is 0. The first kappa shape index (κ1) is 15.1. The molecule has 0 atom stereocenters. The topological polar surface area (TPSA) is 55.3 Å². The standard InChI is InChI=1S/C19H21N3O2/c1-24-19(23)8-13-11-22(12-13)16-5-7-21-18(10-16)15-4-6-20-17(9-15)14-2-3-14/h4-7,9-10,13-14H,2-3,8,11-12H2,1H3. The second-order valence-corrected chi connectivity index (χ2v) is 6.69. The molecule has 0 spiro atoms. The molecule has 5 nitrogen and oxygen atoms in total. The summed E-state index contributed by atoms with van der Waals surface area (Å²) in [5.74, 6) is 0.901. The maximum absolute atomic E-state index is 11.3. The monoisotopic (exact) mass is 323 g/mol. The maximum Gasteiger partial charge on any atom is 0.305 e. The van der Waals surface area contributed by atoms with E-state index in [1.165, 1.54) is 25.6 Å². The molecule has 1 aliphatic heterocycles. The molecule has 1 saturated heterocycles. The SMILES string of the molecule is COC(=O)CC1CN(c2ccnc(-c3ccnc(C4CC4)c3)c2)C1. The fourth-order valence-electron chi connectivity index (χ4n) is 3.21. The molecule has 2 fully saturated rings. The Morgan fingerprint density at radius 1 is 1.21 bits per heavy atom. The molecular weight excluding hydrogens is 302 g/mol. The quantitative estimate of drug-likeness (QED) is 0.792. The Hall–Kier alpha value is -2.43. The summed E-state index contributed by atoms with van der Waals surface area (Å²) in [5.41, 5.74) is 4.45. The molecule has 2 aliphatic rings. The summed E-state index contributed by atoms with van der Waals surface area (Å²) < 4.78 is 4.74. The van der Waals surface area contributed by atoms with E-state index in [2.05, 4.69) is 27.0 Å².